The highest BCUT2D eigenvalue weighted by Crippen LogP contribution is 2.32. The number of aromatic nitrogens is 3. The van der Waals surface area contributed by atoms with Gasteiger partial charge in [0.2, 0.25) is 5.95 Å². The Bertz CT molecular complexity index is 1320. The molecule has 9 nitrogen and oxygen atoms in total. The normalized spacial score (nSPS) is 11.9. The largest absolute Gasteiger partial charge is 0.493 e. The molecule has 3 N–H and O–H groups in total. The third kappa shape index (κ3) is 5.52. The molecule has 1 unspecified atom stereocenters. The van der Waals surface area contributed by atoms with Crippen molar-refractivity contribution in [3.8, 4) is 22.8 Å². The van der Waals surface area contributed by atoms with Crippen LogP contribution in [0.4, 0.5) is 11.6 Å². The number of carbonyl (C=O) groups excluding carboxylic acids is 1. The molecule has 0 spiro atoms. The minimum atomic E-state index is -0.707. The number of nitrogens with two attached hydrogens (primary N) is 1. The van der Waals surface area contributed by atoms with Gasteiger partial charge in [0.25, 0.3) is 0 Å². The average Bonchev–Trinajstić information content (AvgIpc) is 3.33. The summed E-state index contributed by atoms with van der Waals surface area (Å²) in [5, 5.41) is 3.36. The molecule has 0 fully saturated rings. The molecular formula is C26H29N5O4. The molecule has 182 valence electrons. The highest BCUT2D eigenvalue weighted by Gasteiger charge is 2.17. The van der Waals surface area contributed by atoms with Crippen LogP contribution in [0, 0.1) is 0 Å². The fourth-order valence-corrected chi connectivity index (χ4v) is 3.67. The minimum Gasteiger partial charge on any atom is -0.493 e. The van der Waals surface area contributed by atoms with Crippen molar-refractivity contribution in [3.05, 3.63) is 66.5 Å². The molecule has 2 aromatic heterocycles. The van der Waals surface area contributed by atoms with E-state index in [-0.39, 0.29) is 6.10 Å². The second-order valence-corrected chi connectivity index (χ2v) is 8.31. The molecule has 9 heteroatoms. The van der Waals surface area contributed by atoms with Gasteiger partial charge >= 0.3 is 5.97 Å². The van der Waals surface area contributed by atoms with Crippen LogP contribution in [0.15, 0.2) is 60.9 Å². The van der Waals surface area contributed by atoms with Crippen LogP contribution in [-0.4, -0.2) is 46.7 Å². The summed E-state index contributed by atoms with van der Waals surface area (Å²) in [6, 6.07) is 14.5. The second-order valence-electron chi connectivity index (χ2n) is 8.31. The van der Waals surface area contributed by atoms with Crippen LogP contribution in [-0.2, 0) is 16.0 Å². The molecule has 2 heterocycles. The van der Waals surface area contributed by atoms with Gasteiger partial charge in [-0.25, -0.2) is 9.97 Å². The molecule has 1 atom stereocenters. The minimum absolute atomic E-state index is 0.192. The van der Waals surface area contributed by atoms with E-state index in [4.69, 9.17) is 24.9 Å². The smallest absolute Gasteiger partial charge is 0.323 e. The maximum Gasteiger partial charge on any atom is 0.323 e. The van der Waals surface area contributed by atoms with Crippen molar-refractivity contribution in [2.45, 2.75) is 32.4 Å². The first-order chi connectivity index (χ1) is 16.9. The average molecular weight is 476 g/mol. The van der Waals surface area contributed by atoms with Crippen LogP contribution < -0.4 is 20.5 Å². The van der Waals surface area contributed by atoms with Crippen LogP contribution in [0.1, 0.15) is 19.4 Å². The quantitative estimate of drug-likeness (QED) is 0.350. The van der Waals surface area contributed by atoms with Crippen LogP contribution in [0.25, 0.3) is 16.9 Å². The van der Waals surface area contributed by atoms with E-state index in [1.807, 2.05) is 59.1 Å². The zero-order valence-corrected chi connectivity index (χ0v) is 20.2. The highest BCUT2D eigenvalue weighted by atomic mass is 16.5. The Hall–Kier alpha value is -4.11. The van der Waals surface area contributed by atoms with Gasteiger partial charge in [0.05, 0.1) is 26.0 Å². The van der Waals surface area contributed by atoms with Gasteiger partial charge in [-0.3, -0.25) is 9.20 Å². The number of imidazole rings is 1. The zero-order valence-electron chi connectivity index (χ0n) is 20.2. The Morgan fingerprint density at radius 2 is 1.80 bits per heavy atom. The molecule has 0 aliphatic rings. The van der Waals surface area contributed by atoms with Crippen LogP contribution in [0.5, 0.6) is 11.5 Å². The molecule has 0 aliphatic carbocycles. The van der Waals surface area contributed by atoms with E-state index in [0.29, 0.717) is 23.9 Å². The van der Waals surface area contributed by atoms with E-state index >= 15 is 0 Å². The number of nitrogens with one attached hydrogen (secondary N) is 1. The van der Waals surface area contributed by atoms with Crippen molar-refractivity contribution in [1.82, 2.24) is 14.4 Å². The van der Waals surface area contributed by atoms with Crippen LogP contribution >= 0.6 is 0 Å². The number of fused-ring (bicyclic) bond motifs is 1. The Balaban J connectivity index is 1.57. The van der Waals surface area contributed by atoms with Gasteiger partial charge in [-0.2, -0.15) is 0 Å². The zero-order chi connectivity index (χ0) is 24.9. The van der Waals surface area contributed by atoms with Gasteiger partial charge in [0, 0.05) is 29.7 Å². The number of hydrogen-bond donors (Lipinski definition) is 2. The molecule has 0 bridgehead atoms. The third-order valence-corrected chi connectivity index (χ3v) is 5.39. The van der Waals surface area contributed by atoms with Crippen molar-refractivity contribution < 1.29 is 19.0 Å². The van der Waals surface area contributed by atoms with E-state index in [2.05, 4.69) is 10.3 Å². The van der Waals surface area contributed by atoms with Crippen molar-refractivity contribution >= 4 is 23.3 Å². The predicted octanol–water partition coefficient (Wildman–Crippen LogP) is 3.98. The molecular weight excluding hydrogens is 446 g/mol. The monoisotopic (exact) mass is 475 g/mol. The molecule has 35 heavy (non-hydrogen) atoms. The number of benzene rings is 2. The van der Waals surface area contributed by atoms with E-state index in [0.717, 1.165) is 28.2 Å². The van der Waals surface area contributed by atoms with Gasteiger partial charge in [0.1, 0.15) is 11.7 Å². The maximum atomic E-state index is 12.0. The van der Waals surface area contributed by atoms with Gasteiger partial charge < -0.3 is 25.3 Å². The lowest BCUT2D eigenvalue weighted by Gasteiger charge is -2.14. The van der Waals surface area contributed by atoms with Crippen molar-refractivity contribution in [2.24, 2.45) is 5.73 Å². The first-order valence-electron chi connectivity index (χ1n) is 11.3. The molecule has 0 radical (unpaired) electrons. The lowest BCUT2D eigenvalue weighted by molar-refractivity contribution is -0.148. The standard InChI is InChI=1S/C26H29N5O4/c1-16(2)35-25(32)20(27)13-17-5-8-19(9-6-17)29-26-30-21(15-24-28-11-12-31(24)26)18-7-10-22(33-3)23(14-18)34-4/h5-12,14-16,20H,13,27H2,1-4H3,(H,29,30). The van der Waals surface area contributed by atoms with Crippen molar-refractivity contribution in [3.63, 3.8) is 0 Å². The van der Waals surface area contributed by atoms with Crippen LogP contribution in [0.2, 0.25) is 0 Å². The Morgan fingerprint density at radius 1 is 1.06 bits per heavy atom. The number of nitrogens with zero attached hydrogens (tertiary/aromatic N) is 3. The number of esters is 1. The Kier molecular flexibility index (Phi) is 7.17. The number of methoxy groups -OCH3 is 2. The summed E-state index contributed by atoms with van der Waals surface area (Å²) in [7, 11) is 3.20. The van der Waals surface area contributed by atoms with Crippen molar-refractivity contribution in [2.75, 3.05) is 19.5 Å². The molecule has 4 aromatic rings. The summed E-state index contributed by atoms with van der Waals surface area (Å²) in [6.07, 6.45) is 3.77. The first-order valence-corrected chi connectivity index (χ1v) is 11.3. The van der Waals surface area contributed by atoms with Crippen LogP contribution in [0.3, 0.4) is 0 Å². The van der Waals surface area contributed by atoms with Gasteiger partial charge in [0.15, 0.2) is 11.5 Å². The fourth-order valence-electron chi connectivity index (χ4n) is 3.67. The van der Waals surface area contributed by atoms with Gasteiger partial charge in [-0.15, -0.1) is 0 Å². The number of ether oxygens (including phenoxy) is 3. The summed E-state index contributed by atoms with van der Waals surface area (Å²) in [5.74, 6) is 1.47. The lowest BCUT2D eigenvalue weighted by atomic mass is 10.1. The Labute approximate surface area is 203 Å². The summed E-state index contributed by atoms with van der Waals surface area (Å²) >= 11 is 0. The highest BCUT2D eigenvalue weighted by molar-refractivity contribution is 5.76. The van der Waals surface area contributed by atoms with Crippen molar-refractivity contribution in [1.29, 1.82) is 0 Å². The molecule has 0 saturated carbocycles. The molecule has 2 aromatic carbocycles. The Morgan fingerprint density at radius 3 is 2.49 bits per heavy atom. The van der Waals surface area contributed by atoms with E-state index in [1.54, 1.807) is 34.3 Å². The maximum absolute atomic E-state index is 12.0. The third-order valence-electron chi connectivity index (χ3n) is 5.39. The summed E-state index contributed by atoms with van der Waals surface area (Å²) < 4.78 is 17.8. The topological polar surface area (TPSA) is 113 Å². The predicted molar refractivity (Wildman–Crippen MR) is 134 cm³/mol. The van der Waals surface area contributed by atoms with E-state index < -0.39 is 12.0 Å². The summed E-state index contributed by atoms with van der Waals surface area (Å²) in [6.45, 7) is 3.60. The van der Waals surface area contributed by atoms with E-state index in [1.165, 1.54) is 0 Å². The van der Waals surface area contributed by atoms with E-state index in [9.17, 15) is 4.79 Å². The second kappa shape index (κ2) is 10.4. The fraction of sp³-hybridized carbons (Fsp3) is 0.269. The number of anilines is 2. The molecule has 0 aliphatic heterocycles. The molecule has 0 amide bonds. The number of rotatable bonds is 9. The SMILES string of the molecule is COc1ccc(-c2cc3nccn3c(Nc3ccc(CC(N)C(=O)OC(C)C)cc3)n2)cc1OC. The lowest BCUT2D eigenvalue weighted by Crippen LogP contribution is -2.35. The van der Waals surface area contributed by atoms with Gasteiger partial charge in [-0.1, -0.05) is 12.1 Å². The molecule has 0 saturated heterocycles. The summed E-state index contributed by atoms with van der Waals surface area (Å²) in [5.41, 5.74) is 10.1. The first kappa shape index (κ1) is 24.0. The number of hydrogen-bond acceptors (Lipinski definition) is 8. The number of carbonyl (C=O) groups is 1. The summed E-state index contributed by atoms with van der Waals surface area (Å²) in [4.78, 5) is 21.3. The molecule has 4 rings (SSSR count). The van der Waals surface area contributed by atoms with Gasteiger partial charge in [-0.05, 0) is 56.2 Å².